The van der Waals surface area contributed by atoms with Crippen LogP contribution in [0, 0.1) is 10.8 Å². The van der Waals surface area contributed by atoms with E-state index >= 15 is 0 Å². The number of amidine groups is 1. The van der Waals surface area contributed by atoms with Crippen LogP contribution in [0.4, 0.5) is 5.69 Å². The average Bonchev–Trinajstić information content (AvgIpc) is 2.37. The molecule has 1 aromatic carbocycles. The molecular weight excluding hydrogens is 280 g/mol. The number of carboxylic acid groups (broad SMARTS) is 1. The predicted molar refractivity (Wildman–Crippen MR) is 79.8 cm³/mol. The lowest BCUT2D eigenvalue weighted by molar-refractivity contribution is -0.146. The summed E-state index contributed by atoms with van der Waals surface area (Å²) in [7, 11) is 0. The van der Waals surface area contributed by atoms with Gasteiger partial charge in [0.2, 0.25) is 0 Å². The summed E-state index contributed by atoms with van der Waals surface area (Å²) in [6.45, 7) is 3.25. The highest BCUT2D eigenvalue weighted by molar-refractivity contribution is 6.31. The summed E-state index contributed by atoms with van der Waals surface area (Å²) in [6.07, 6.45) is 1.23. The molecule has 0 aromatic heterocycles. The van der Waals surface area contributed by atoms with Crippen molar-refractivity contribution < 1.29 is 9.90 Å². The van der Waals surface area contributed by atoms with Crippen LogP contribution in [0.1, 0.15) is 19.4 Å². The fourth-order valence-corrected chi connectivity index (χ4v) is 1.79. The lowest BCUT2D eigenvalue weighted by atomic mass is 9.85. The Bertz CT molecular complexity index is 555. The van der Waals surface area contributed by atoms with Crippen LogP contribution in [0.25, 0.3) is 0 Å². The van der Waals surface area contributed by atoms with Gasteiger partial charge in [0.15, 0.2) is 5.84 Å². The highest BCUT2D eigenvalue weighted by Crippen LogP contribution is 2.30. The van der Waals surface area contributed by atoms with Gasteiger partial charge in [-0.3, -0.25) is 4.79 Å². The number of hydrogen-bond donors (Lipinski definition) is 4. The number of carbonyl (C=O) groups is 1. The zero-order valence-electron chi connectivity index (χ0n) is 11.3. The molecule has 0 saturated heterocycles. The molecule has 0 heterocycles. The van der Waals surface area contributed by atoms with Crippen molar-refractivity contribution in [1.29, 1.82) is 5.41 Å². The zero-order valence-corrected chi connectivity index (χ0v) is 12.0. The molecule has 108 valence electrons. The molecule has 0 aliphatic heterocycles. The van der Waals surface area contributed by atoms with Crippen LogP contribution in [-0.4, -0.2) is 23.1 Å². The zero-order chi connectivity index (χ0) is 15.3. The summed E-state index contributed by atoms with van der Waals surface area (Å²) in [5.41, 5.74) is 2.54. The smallest absolute Gasteiger partial charge is 0.309 e. The Labute approximate surface area is 122 Å². The van der Waals surface area contributed by atoms with E-state index in [4.69, 9.17) is 22.9 Å². The van der Waals surface area contributed by atoms with Crippen molar-refractivity contribution in [3.8, 4) is 0 Å². The van der Waals surface area contributed by atoms with Crippen LogP contribution in [0.15, 0.2) is 23.2 Å². The maximum atomic E-state index is 11.2. The summed E-state index contributed by atoms with van der Waals surface area (Å²) < 4.78 is 0. The van der Waals surface area contributed by atoms with Crippen molar-refractivity contribution in [1.82, 2.24) is 5.43 Å². The Morgan fingerprint density at radius 2 is 2.25 bits per heavy atom. The predicted octanol–water partition coefficient (Wildman–Crippen LogP) is 2.14. The molecule has 0 unspecified atom stereocenters. The van der Waals surface area contributed by atoms with Gasteiger partial charge in [-0.25, -0.2) is 10.8 Å². The van der Waals surface area contributed by atoms with Gasteiger partial charge >= 0.3 is 5.97 Å². The summed E-state index contributed by atoms with van der Waals surface area (Å²) in [4.78, 5) is 15.4. The number of aliphatic imine (C=N–C) groups is 1. The minimum atomic E-state index is -0.948. The molecule has 1 rings (SSSR count). The molecule has 0 aliphatic rings. The van der Waals surface area contributed by atoms with E-state index in [1.165, 1.54) is 0 Å². The van der Waals surface area contributed by atoms with Crippen LogP contribution in [0.3, 0.4) is 0 Å². The number of rotatable bonds is 5. The second kappa shape index (κ2) is 6.49. The normalized spacial score (nSPS) is 12.1. The van der Waals surface area contributed by atoms with E-state index in [9.17, 15) is 9.90 Å². The van der Waals surface area contributed by atoms with E-state index in [-0.39, 0.29) is 12.3 Å². The van der Waals surface area contributed by atoms with Gasteiger partial charge in [0.05, 0.1) is 17.3 Å². The molecule has 5 N–H and O–H groups in total. The van der Waals surface area contributed by atoms with Crippen LogP contribution < -0.4 is 11.3 Å². The van der Waals surface area contributed by atoms with Crippen molar-refractivity contribution in [2.75, 3.05) is 0 Å². The number of halogens is 1. The molecular formula is C13H17ClN4O2. The van der Waals surface area contributed by atoms with E-state index in [0.717, 1.165) is 6.21 Å². The molecule has 20 heavy (non-hydrogen) atoms. The standard InChI is InChI=1S/C13H17ClN4O2/c1-13(2,12(19)20)6-8-5-9(14)3-4-10(8)17-11(7-15)18-16/h3-5,7,15H,6,16H2,1-2H3,(H,17,18)(H,19,20). The molecule has 0 atom stereocenters. The van der Waals surface area contributed by atoms with Gasteiger partial charge in [-0.1, -0.05) is 11.6 Å². The van der Waals surface area contributed by atoms with E-state index in [1.54, 1.807) is 32.0 Å². The van der Waals surface area contributed by atoms with Crippen LogP contribution >= 0.6 is 11.6 Å². The SMILES string of the molecule is CC(C)(Cc1cc(Cl)ccc1N=C(C=N)NN)C(=O)O. The first kappa shape index (κ1) is 16.1. The Morgan fingerprint density at radius 3 is 2.75 bits per heavy atom. The largest absolute Gasteiger partial charge is 0.481 e. The molecule has 6 nitrogen and oxygen atoms in total. The fourth-order valence-electron chi connectivity index (χ4n) is 1.59. The maximum Gasteiger partial charge on any atom is 0.309 e. The molecule has 1 aromatic rings. The highest BCUT2D eigenvalue weighted by Gasteiger charge is 2.28. The van der Waals surface area contributed by atoms with E-state index in [0.29, 0.717) is 16.3 Å². The van der Waals surface area contributed by atoms with Crippen LogP contribution in [0.2, 0.25) is 5.02 Å². The lowest BCUT2D eigenvalue weighted by Crippen LogP contribution is -2.31. The van der Waals surface area contributed by atoms with Crippen LogP contribution in [-0.2, 0) is 11.2 Å². The quantitative estimate of drug-likeness (QED) is 0.288. The second-order valence-corrected chi connectivity index (χ2v) is 5.36. The van der Waals surface area contributed by atoms with Gasteiger partial charge in [-0.05, 0) is 44.0 Å². The van der Waals surface area contributed by atoms with E-state index in [1.807, 2.05) is 0 Å². The minimum absolute atomic E-state index is 0.168. The number of hydrogen-bond acceptors (Lipinski definition) is 4. The summed E-state index contributed by atoms with van der Waals surface area (Å²) in [5.74, 6) is 4.50. The van der Waals surface area contributed by atoms with Crippen molar-refractivity contribution in [2.45, 2.75) is 20.3 Å². The third kappa shape index (κ3) is 4.04. The number of hydrazine groups is 1. The minimum Gasteiger partial charge on any atom is -0.481 e. The molecule has 7 heteroatoms. The molecule has 0 saturated carbocycles. The van der Waals surface area contributed by atoms with E-state index < -0.39 is 11.4 Å². The first-order valence-corrected chi connectivity index (χ1v) is 6.25. The molecule has 0 radical (unpaired) electrons. The van der Waals surface area contributed by atoms with Crippen molar-refractivity contribution in [2.24, 2.45) is 16.3 Å². The lowest BCUT2D eigenvalue weighted by Gasteiger charge is -2.20. The number of aliphatic carboxylic acids is 1. The fraction of sp³-hybridized carbons (Fsp3) is 0.308. The molecule has 0 amide bonds. The van der Waals surface area contributed by atoms with Gasteiger partial charge in [0, 0.05) is 5.02 Å². The Morgan fingerprint density at radius 1 is 1.60 bits per heavy atom. The summed E-state index contributed by atoms with van der Waals surface area (Å²) >= 11 is 5.95. The molecule has 0 spiro atoms. The topological polar surface area (TPSA) is 112 Å². The second-order valence-electron chi connectivity index (χ2n) is 4.92. The molecule has 0 fully saturated rings. The monoisotopic (exact) mass is 296 g/mol. The van der Waals surface area contributed by atoms with E-state index in [2.05, 4.69) is 10.4 Å². The third-order valence-corrected chi connectivity index (χ3v) is 3.01. The van der Waals surface area contributed by atoms with Crippen LogP contribution in [0.5, 0.6) is 0 Å². The van der Waals surface area contributed by atoms with Gasteiger partial charge in [0.1, 0.15) is 0 Å². The first-order valence-electron chi connectivity index (χ1n) is 5.88. The Hall–Kier alpha value is -1.92. The van der Waals surface area contributed by atoms with Gasteiger partial charge in [0.25, 0.3) is 0 Å². The third-order valence-electron chi connectivity index (χ3n) is 2.78. The van der Waals surface area contributed by atoms with Gasteiger partial charge < -0.3 is 15.9 Å². The Kier molecular flexibility index (Phi) is 5.24. The number of carboxylic acids is 1. The summed E-state index contributed by atoms with van der Waals surface area (Å²) in [6, 6.07) is 4.98. The number of benzene rings is 1. The van der Waals surface area contributed by atoms with Crippen molar-refractivity contribution in [3.63, 3.8) is 0 Å². The van der Waals surface area contributed by atoms with Gasteiger partial charge in [-0.2, -0.15) is 0 Å². The first-order chi connectivity index (χ1) is 9.30. The van der Waals surface area contributed by atoms with Crippen molar-refractivity contribution in [3.05, 3.63) is 28.8 Å². The number of nitrogens with zero attached hydrogens (tertiary/aromatic N) is 1. The summed E-state index contributed by atoms with van der Waals surface area (Å²) in [5, 5.41) is 16.8. The average molecular weight is 297 g/mol. The molecule has 0 bridgehead atoms. The number of nitrogens with one attached hydrogen (secondary N) is 2. The highest BCUT2D eigenvalue weighted by atomic mass is 35.5. The number of nitrogens with two attached hydrogens (primary N) is 1. The maximum absolute atomic E-state index is 11.2. The van der Waals surface area contributed by atoms with Gasteiger partial charge in [-0.15, -0.1) is 0 Å². The Balaban J connectivity index is 3.24. The molecule has 0 aliphatic carbocycles. The van der Waals surface area contributed by atoms with Crippen molar-refractivity contribution >= 4 is 35.3 Å².